The average molecular weight is 595 g/mol. The van der Waals surface area contributed by atoms with E-state index in [1.54, 1.807) is 33.4 Å². The predicted octanol–water partition coefficient (Wildman–Crippen LogP) is 8.50. The minimum absolute atomic E-state index is 0.465. The third-order valence-corrected chi connectivity index (χ3v) is 51.6. The van der Waals surface area contributed by atoms with Crippen molar-refractivity contribution in [3.05, 3.63) is 79.9 Å². The van der Waals surface area contributed by atoms with Crippen molar-refractivity contribution < 1.29 is 17.1 Å². The first-order valence-corrected chi connectivity index (χ1v) is 31.1. The Kier molecular flexibility index (Phi) is 5.83. The van der Waals surface area contributed by atoms with Gasteiger partial charge in [0.05, 0.1) is 0 Å². The quantitative estimate of drug-likeness (QED) is 0.311. The number of aryl methyl sites for hydroxylation is 4. The average Bonchev–Trinajstić information content (AvgIpc) is 3.26. The van der Waals surface area contributed by atoms with Crippen molar-refractivity contribution in [3.8, 4) is 0 Å². The van der Waals surface area contributed by atoms with Crippen LogP contribution in [0.3, 0.4) is 0 Å². The van der Waals surface area contributed by atoms with Crippen molar-refractivity contribution in [1.82, 2.24) is 0 Å². The molecule has 164 valence electrons. The van der Waals surface area contributed by atoms with Crippen LogP contribution in [0.5, 0.6) is 0 Å². The fourth-order valence-corrected chi connectivity index (χ4v) is 55.4. The van der Waals surface area contributed by atoms with E-state index in [2.05, 4.69) is 94.2 Å². The van der Waals surface area contributed by atoms with Crippen LogP contribution in [0.1, 0.15) is 79.0 Å². The van der Waals surface area contributed by atoms with E-state index in [0.29, 0.717) is 13.6 Å². The van der Waals surface area contributed by atoms with Gasteiger partial charge in [0.2, 0.25) is 0 Å². The Labute approximate surface area is 192 Å². The molecule has 0 saturated carbocycles. The Morgan fingerprint density at radius 1 is 0.677 bits per heavy atom. The molecule has 0 nitrogen and oxygen atoms in total. The van der Waals surface area contributed by atoms with Crippen LogP contribution >= 0.6 is 0 Å². The van der Waals surface area contributed by atoms with E-state index in [-0.39, 0.29) is 0 Å². The summed E-state index contributed by atoms with van der Waals surface area (Å²) < 4.78 is 7.13. The summed E-state index contributed by atoms with van der Waals surface area (Å²) in [5.41, 5.74) is 15.8. The van der Waals surface area contributed by atoms with Crippen LogP contribution in [-0.4, -0.2) is 6.22 Å². The van der Waals surface area contributed by atoms with Gasteiger partial charge in [0, 0.05) is 0 Å². The molecule has 2 aromatic carbocycles. The van der Waals surface area contributed by atoms with Gasteiger partial charge in [0.25, 0.3) is 0 Å². The number of hydrogen-bond donors (Lipinski definition) is 0. The van der Waals surface area contributed by atoms with Gasteiger partial charge < -0.3 is 0 Å². The van der Waals surface area contributed by atoms with Gasteiger partial charge in [-0.2, -0.15) is 0 Å². The molecule has 2 aromatic rings. The number of fused-ring (bicyclic) bond motifs is 2. The zero-order valence-corrected chi connectivity index (χ0v) is 25.9. The van der Waals surface area contributed by atoms with Crippen LogP contribution in [0.4, 0.5) is 0 Å². The summed E-state index contributed by atoms with van der Waals surface area (Å²) in [5, 5.41) is 0. The minimum atomic E-state index is -3.55. The fraction of sp³-hybridized carbons (Fsp3) is 0.448. The third kappa shape index (κ3) is 3.39. The Morgan fingerprint density at radius 3 is 1.45 bits per heavy atom. The van der Waals surface area contributed by atoms with Crippen molar-refractivity contribution >= 4 is 18.4 Å². The maximum atomic E-state index is 2.87. The Balaban J connectivity index is 2.08. The molecule has 0 fully saturated rings. The van der Waals surface area contributed by atoms with Gasteiger partial charge in [-0.15, -0.1) is 0 Å². The normalized spacial score (nSPS) is 20.3. The number of benzene rings is 2. The van der Waals surface area contributed by atoms with Crippen molar-refractivity contribution in [2.45, 2.75) is 77.6 Å². The molecule has 0 heterocycles. The van der Waals surface area contributed by atoms with Crippen LogP contribution in [-0.2, 0) is 17.1 Å². The van der Waals surface area contributed by atoms with E-state index in [0.717, 1.165) is 0 Å². The molecule has 2 aliphatic rings. The Bertz CT molecular complexity index is 1130. The second-order valence-electron chi connectivity index (χ2n) is 11.4. The van der Waals surface area contributed by atoms with Gasteiger partial charge >= 0.3 is 193 Å². The Hall–Kier alpha value is -0.993. The van der Waals surface area contributed by atoms with E-state index in [1.807, 2.05) is 0 Å². The van der Waals surface area contributed by atoms with Gasteiger partial charge in [-0.05, 0) is 0 Å². The number of allylic oxidation sites excluding steroid dienone is 2. The van der Waals surface area contributed by atoms with Gasteiger partial charge in [-0.25, -0.2) is 0 Å². The molecule has 0 saturated heterocycles. The van der Waals surface area contributed by atoms with E-state index in [1.165, 1.54) is 34.7 Å². The SMILES string of the molecule is CCC[SiH]=[Hf]([CH3])([CH3])([CH]1C(C)=Cc2c(C)ccc(C)c21)[CH]1C(C)=Cc2c(C)ccc(C)c21. The summed E-state index contributed by atoms with van der Waals surface area (Å²) in [5.74, 6) is 0. The molecule has 0 amide bonds. The van der Waals surface area contributed by atoms with E-state index in [4.69, 9.17) is 0 Å². The number of hydrogen-bond acceptors (Lipinski definition) is 0. The van der Waals surface area contributed by atoms with Crippen LogP contribution < -0.4 is 0 Å². The molecule has 2 aliphatic carbocycles. The molecule has 2 atom stereocenters. The van der Waals surface area contributed by atoms with Crippen molar-refractivity contribution in [2.75, 3.05) is 0 Å². The van der Waals surface area contributed by atoms with E-state index in [9.17, 15) is 0 Å². The summed E-state index contributed by atoms with van der Waals surface area (Å²) in [6.45, 7) is 16.7. The monoisotopic (exact) mass is 596 g/mol. The summed E-state index contributed by atoms with van der Waals surface area (Å²) in [6.07, 6.45) is 6.92. The molecular weight excluding hydrogens is 555 g/mol. The van der Waals surface area contributed by atoms with E-state index >= 15 is 0 Å². The van der Waals surface area contributed by atoms with E-state index < -0.39 is 17.1 Å². The van der Waals surface area contributed by atoms with Crippen LogP contribution in [0.15, 0.2) is 35.4 Å². The fourth-order valence-electron chi connectivity index (χ4n) is 7.28. The van der Waals surface area contributed by atoms with Crippen LogP contribution in [0.2, 0.25) is 15.4 Å². The summed E-state index contributed by atoms with van der Waals surface area (Å²) in [4.78, 5) is 0. The number of rotatable bonds is 4. The van der Waals surface area contributed by atoms with Crippen LogP contribution in [0.25, 0.3) is 12.2 Å². The molecule has 4 rings (SSSR count). The molecular formula is C29H40HfSi. The molecule has 31 heavy (non-hydrogen) atoms. The topological polar surface area (TPSA) is 0 Å². The van der Waals surface area contributed by atoms with Crippen molar-refractivity contribution in [2.24, 2.45) is 0 Å². The first kappa shape index (κ1) is 23.2. The first-order valence-electron chi connectivity index (χ1n) is 12.1. The first-order chi connectivity index (χ1) is 14.5. The second kappa shape index (κ2) is 7.80. The van der Waals surface area contributed by atoms with Gasteiger partial charge in [0.15, 0.2) is 0 Å². The molecule has 2 heteroatoms. The third-order valence-electron chi connectivity index (χ3n) is 8.58. The van der Waals surface area contributed by atoms with Gasteiger partial charge in [-0.3, -0.25) is 0 Å². The molecule has 0 spiro atoms. The zero-order valence-electron chi connectivity index (χ0n) is 21.1. The standard InChI is InChI=1S/2C12H13.C3H8Si.2CH3.Hf/c2*1-8-6-11-9(2)4-5-10(3)12(11)7-8;1-2-3-4;;;/h2*4-7H,1-3H3;4H,2-3H2,1H3;2*1H3;. The predicted molar refractivity (Wildman–Crippen MR) is 139 cm³/mol. The summed E-state index contributed by atoms with van der Waals surface area (Å²) in [6, 6.07) is 10.9. The van der Waals surface area contributed by atoms with Crippen LogP contribution in [0, 0.1) is 27.7 Å². The zero-order chi connectivity index (χ0) is 22.7. The Morgan fingerprint density at radius 2 is 1.06 bits per heavy atom. The molecule has 2 unspecified atom stereocenters. The van der Waals surface area contributed by atoms with Crippen molar-refractivity contribution in [3.63, 3.8) is 0 Å². The summed E-state index contributed by atoms with van der Waals surface area (Å²) in [7, 11) is 0. The molecule has 0 bridgehead atoms. The maximum absolute atomic E-state index is 3.55. The van der Waals surface area contributed by atoms with Crippen molar-refractivity contribution in [1.29, 1.82) is 0 Å². The molecule has 0 radical (unpaired) electrons. The van der Waals surface area contributed by atoms with Gasteiger partial charge in [0.1, 0.15) is 0 Å². The van der Waals surface area contributed by atoms with Gasteiger partial charge in [-0.1, -0.05) is 0 Å². The molecule has 0 N–H and O–H groups in total. The summed E-state index contributed by atoms with van der Waals surface area (Å²) >= 11 is -3.55. The second-order valence-corrected chi connectivity index (χ2v) is 55.5. The molecule has 0 aromatic heterocycles. The molecule has 0 aliphatic heterocycles.